The third kappa shape index (κ3) is 4.65. The summed E-state index contributed by atoms with van der Waals surface area (Å²) in [6.07, 6.45) is 4.85. The molecule has 4 rings (SSSR count). The molecule has 1 amide bonds. The minimum atomic E-state index is -3.47. The Morgan fingerprint density at radius 1 is 1.03 bits per heavy atom. The van der Waals surface area contributed by atoms with Crippen molar-refractivity contribution in [3.05, 3.63) is 40.8 Å². The molecule has 2 aliphatic rings. The van der Waals surface area contributed by atoms with Crippen LogP contribution >= 0.6 is 11.3 Å². The molecular weight excluding hydrogens is 448 g/mol. The van der Waals surface area contributed by atoms with Gasteiger partial charge in [0, 0.05) is 30.1 Å². The van der Waals surface area contributed by atoms with E-state index in [0.717, 1.165) is 54.0 Å². The number of sulfonamides is 1. The Kier molecular flexibility index (Phi) is 7.07. The molecule has 0 spiro atoms. The minimum absolute atomic E-state index is 0.00106. The maximum Gasteiger partial charge on any atom is 0.252 e. The number of likely N-dealkylation sites (tertiary alicyclic amines) is 1. The third-order valence-electron chi connectivity index (χ3n) is 6.24. The lowest BCUT2D eigenvalue weighted by molar-refractivity contribution is -0.131. The Morgan fingerprint density at radius 2 is 1.81 bits per heavy atom. The first-order chi connectivity index (χ1) is 15.4. The number of nitrogens with zero attached hydrogens (tertiary/aromatic N) is 2. The molecule has 3 heterocycles. The maximum absolute atomic E-state index is 13.2. The summed E-state index contributed by atoms with van der Waals surface area (Å²) >= 11 is 1.21. The Morgan fingerprint density at radius 3 is 2.53 bits per heavy atom. The van der Waals surface area contributed by atoms with Crippen molar-refractivity contribution in [2.24, 2.45) is 0 Å². The Hall–Kier alpha value is -2.10. The van der Waals surface area contributed by atoms with Gasteiger partial charge in [-0.1, -0.05) is 6.42 Å². The number of thiophene rings is 1. The van der Waals surface area contributed by atoms with Gasteiger partial charge in [-0.25, -0.2) is 8.42 Å². The number of hydrogen-bond donors (Lipinski definition) is 0. The maximum atomic E-state index is 13.2. The quantitative estimate of drug-likeness (QED) is 0.604. The standard InChI is InChI=1S/C23H30N2O5S2/c1-29-17-8-10-21(30-2)19(15-17)20-7-6-14-25(20)22(26)16-18-9-11-23(31-18)32(27,28)24-12-4-3-5-13-24/h8-11,15,20H,3-7,12-14,16H2,1-2H3. The number of hydrogen-bond acceptors (Lipinski definition) is 6. The molecule has 1 unspecified atom stereocenters. The van der Waals surface area contributed by atoms with Crippen LogP contribution in [0.5, 0.6) is 11.5 Å². The fourth-order valence-electron chi connectivity index (χ4n) is 4.56. The SMILES string of the molecule is COc1ccc(OC)c(C2CCCN2C(=O)Cc2ccc(S(=O)(=O)N3CCCCC3)s2)c1. The van der Waals surface area contributed by atoms with Crippen LogP contribution in [-0.2, 0) is 21.2 Å². The molecule has 1 aromatic heterocycles. The molecule has 0 radical (unpaired) electrons. The van der Waals surface area contributed by atoms with Gasteiger partial charge in [0.1, 0.15) is 15.7 Å². The predicted octanol–water partition coefficient (Wildman–Crippen LogP) is 3.85. The van der Waals surface area contributed by atoms with Crippen LogP contribution in [0.3, 0.4) is 0 Å². The van der Waals surface area contributed by atoms with Crippen molar-refractivity contribution in [3.63, 3.8) is 0 Å². The first kappa shape index (κ1) is 23.1. The van der Waals surface area contributed by atoms with E-state index in [0.29, 0.717) is 23.8 Å². The second-order valence-corrected chi connectivity index (χ2v) is 11.5. The highest BCUT2D eigenvalue weighted by atomic mass is 32.2. The largest absolute Gasteiger partial charge is 0.497 e. The van der Waals surface area contributed by atoms with E-state index in [-0.39, 0.29) is 18.4 Å². The molecule has 2 saturated heterocycles. The fraction of sp³-hybridized carbons (Fsp3) is 0.522. The van der Waals surface area contributed by atoms with Gasteiger partial charge in [0.05, 0.1) is 26.7 Å². The van der Waals surface area contributed by atoms with Crippen LogP contribution < -0.4 is 9.47 Å². The monoisotopic (exact) mass is 478 g/mol. The average molecular weight is 479 g/mol. The fourth-order valence-corrected chi connectivity index (χ4v) is 7.58. The van der Waals surface area contributed by atoms with E-state index >= 15 is 0 Å². The average Bonchev–Trinajstić information content (AvgIpc) is 3.49. The zero-order valence-corrected chi connectivity index (χ0v) is 20.2. The summed E-state index contributed by atoms with van der Waals surface area (Å²) in [5, 5.41) is 0. The van der Waals surface area contributed by atoms with Crippen molar-refractivity contribution in [1.82, 2.24) is 9.21 Å². The van der Waals surface area contributed by atoms with E-state index in [9.17, 15) is 13.2 Å². The van der Waals surface area contributed by atoms with Gasteiger partial charge in [0.2, 0.25) is 5.91 Å². The zero-order valence-electron chi connectivity index (χ0n) is 18.6. The number of methoxy groups -OCH3 is 2. The first-order valence-electron chi connectivity index (χ1n) is 11.0. The number of carbonyl (C=O) groups is 1. The van der Waals surface area contributed by atoms with Gasteiger partial charge in [0.15, 0.2) is 0 Å². The van der Waals surface area contributed by atoms with Gasteiger partial charge < -0.3 is 14.4 Å². The summed E-state index contributed by atoms with van der Waals surface area (Å²) in [5.41, 5.74) is 0.942. The Balaban J connectivity index is 1.50. The van der Waals surface area contributed by atoms with Crippen molar-refractivity contribution in [3.8, 4) is 11.5 Å². The van der Waals surface area contributed by atoms with Crippen LogP contribution in [-0.4, -0.2) is 57.4 Å². The highest BCUT2D eigenvalue weighted by Crippen LogP contribution is 2.39. The molecule has 0 aliphatic carbocycles. The second kappa shape index (κ2) is 9.80. The van der Waals surface area contributed by atoms with Crippen molar-refractivity contribution >= 4 is 27.3 Å². The topological polar surface area (TPSA) is 76.1 Å². The summed E-state index contributed by atoms with van der Waals surface area (Å²) in [7, 11) is -0.222. The molecule has 174 valence electrons. The van der Waals surface area contributed by atoms with E-state index in [1.165, 1.54) is 11.3 Å². The smallest absolute Gasteiger partial charge is 0.252 e. The molecule has 2 fully saturated rings. The zero-order chi connectivity index (χ0) is 22.7. The number of amides is 1. The van der Waals surface area contributed by atoms with Gasteiger partial charge in [-0.15, -0.1) is 11.3 Å². The van der Waals surface area contributed by atoms with Crippen LogP contribution in [0.15, 0.2) is 34.5 Å². The normalized spacial score (nSPS) is 19.8. The van der Waals surface area contributed by atoms with Crippen LogP contribution in [0.25, 0.3) is 0 Å². The number of benzene rings is 1. The molecule has 1 atom stereocenters. The lowest BCUT2D eigenvalue weighted by Gasteiger charge is -2.26. The third-order valence-corrected chi connectivity index (χ3v) is 9.69. The molecule has 2 aromatic rings. The molecular formula is C23H30N2O5S2. The van der Waals surface area contributed by atoms with Gasteiger partial charge in [0.25, 0.3) is 10.0 Å². The van der Waals surface area contributed by atoms with E-state index in [1.54, 1.807) is 30.7 Å². The van der Waals surface area contributed by atoms with Crippen molar-refractivity contribution in [2.45, 2.75) is 48.8 Å². The van der Waals surface area contributed by atoms with E-state index < -0.39 is 10.0 Å². The molecule has 7 nitrogen and oxygen atoms in total. The van der Waals surface area contributed by atoms with E-state index in [2.05, 4.69) is 0 Å². The highest BCUT2D eigenvalue weighted by molar-refractivity contribution is 7.91. The van der Waals surface area contributed by atoms with Gasteiger partial charge in [-0.3, -0.25) is 4.79 Å². The first-order valence-corrected chi connectivity index (χ1v) is 13.3. The molecule has 32 heavy (non-hydrogen) atoms. The number of carbonyl (C=O) groups excluding carboxylic acids is 1. The minimum Gasteiger partial charge on any atom is -0.497 e. The Labute approximate surface area is 194 Å². The number of piperidine rings is 1. The Bertz CT molecular complexity index is 1060. The van der Waals surface area contributed by atoms with Crippen LogP contribution in [0.2, 0.25) is 0 Å². The van der Waals surface area contributed by atoms with Gasteiger partial charge >= 0.3 is 0 Å². The van der Waals surface area contributed by atoms with Crippen LogP contribution in [0, 0.1) is 0 Å². The predicted molar refractivity (Wildman–Crippen MR) is 124 cm³/mol. The van der Waals surface area contributed by atoms with E-state index in [1.807, 2.05) is 23.1 Å². The summed E-state index contributed by atoms with van der Waals surface area (Å²) in [4.78, 5) is 15.9. The lowest BCUT2D eigenvalue weighted by Crippen LogP contribution is -2.35. The van der Waals surface area contributed by atoms with Crippen molar-refractivity contribution in [2.75, 3.05) is 33.9 Å². The highest BCUT2D eigenvalue weighted by Gasteiger charge is 2.33. The molecule has 2 aliphatic heterocycles. The van der Waals surface area contributed by atoms with Crippen LogP contribution in [0.4, 0.5) is 0 Å². The number of rotatable bonds is 7. The lowest BCUT2D eigenvalue weighted by atomic mass is 10.0. The summed E-state index contributed by atoms with van der Waals surface area (Å²) in [5.74, 6) is 1.47. The van der Waals surface area contributed by atoms with Gasteiger partial charge in [-0.05, 0) is 56.0 Å². The summed E-state index contributed by atoms with van der Waals surface area (Å²) < 4.78 is 38.7. The molecule has 9 heteroatoms. The van der Waals surface area contributed by atoms with Crippen molar-refractivity contribution < 1.29 is 22.7 Å². The second-order valence-electron chi connectivity index (χ2n) is 8.22. The number of ether oxygens (including phenoxy) is 2. The van der Waals surface area contributed by atoms with E-state index in [4.69, 9.17) is 9.47 Å². The molecule has 0 saturated carbocycles. The molecule has 0 N–H and O–H groups in total. The molecule has 1 aromatic carbocycles. The molecule has 0 bridgehead atoms. The van der Waals surface area contributed by atoms with Gasteiger partial charge in [-0.2, -0.15) is 4.31 Å². The summed E-state index contributed by atoms with van der Waals surface area (Å²) in [6.45, 7) is 1.83. The van der Waals surface area contributed by atoms with Crippen molar-refractivity contribution in [1.29, 1.82) is 0 Å². The van der Waals surface area contributed by atoms with Crippen LogP contribution in [0.1, 0.15) is 48.6 Å². The summed E-state index contributed by atoms with van der Waals surface area (Å²) in [6, 6.07) is 8.99.